The van der Waals surface area contributed by atoms with Gasteiger partial charge in [-0.3, -0.25) is 9.59 Å². The van der Waals surface area contributed by atoms with E-state index in [9.17, 15) is 9.59 Å². The molecule has 0 saturated heterocycles. The number of carbonyl (C=O) groups is 2. The molecule has 2 fully saturated rings. The van der Waals surface area contributed by atoms with Crippen LogP contribution in [-0.4, -0.2) is 51.6 Å². The Morgan fingerprint density at radius 3 is 1.33 bits per heavy atom. The molecular weight excluding hydrogens is 316 g/mol. The monoisotopic (exact) mass is 336 g/mol. The summed E-state index contributed by atoms with van der Waals surface area (Å²) in [6.07, 6.45) is 2.27. The Kier molecular flexibility index (Phi) is 6.13. The van der Waals surface area contributed by atoms with Gasteiger partial charge in [-0.2, -0.15) is 10.5 Å². The summed E-state index contributed by atoms with van der Waals surface area (Å²) in [5.41, 5.74) is -1.82. The van der Waals surface area contributed by atoms with Crippen molar-refractivity contribution in [2.45, 2.75) is 25.7 Å². The lowest BCUT2D eigenvalue weighted by molar-refractivity contribution is -0.151. The van der Waals surface area contributed by atoms with Crippen LogP contribution in [0.4, 0.5) is 0 Å². The first-order valence-electron chi connectivity index (χ1n) is 7.91. The fraction of sp³-hybridized carbons (Fsp3) is 0.750. The summed E-state index contributed by atoms with van der Waals surface area (Å²) < 4.78 is 20.4. The van der Waals surface area contributed by atoms with Gasteiger partial charge in [0.25, 0.3) is 0 Å². The molecule has 0 amide bonds. The normalized spacial score (nSPS) is 18.8. The summed E-state index contributed by atoms with van der Waals surface area (Å²) in [5, 5.41) is 17.6. The summed E-state index contributed by atoms with van der Waals surface area (Å²) in [5.74, 6) is -0.949. The predicted octanol–water partition coefficient (Wildman–Crippen LogP) is 0.714. The summed E-state index contributed by atoms with van der Waals surface area (Å²) in [6, 6.07) is 3.94. The highest BCUT2D eigenvalue weighted by atomic mass is 16.6. The first-order chi connectivity index (χ1) is 11.6. The fourth-order valence-electron chi connectivity index (χ4n) is 1.96. The molecule has 0 bridgehead atoms. The molecule has 130 valence electrons. The molecule has 0 spiro atoms. The molecule has 2 aliphatic rings. The maximum Gasteiger partial charge on any atom is 0.326 e. The Hall–Kier alpha value is -2.16. The van der Waals surface area contributed by atoms with E-state index < -0.39 is 22.8 Å². The van der Waals surface area contributed by atoms with Crippen LogP contribution >= 0.6 is 0 Å². The molecule has 0 N–H and O–H groups in total. The van der Waals surface area contributed by atoms with E-state index in [1.165, 1.54) is 0 Å². The van der Waals surface area contributed by atoms with Gasteiger partial charge in [-0.25, -0.2) is 0 Å². The third kappa shape index (κ3) is 4.67. The van der Waals surface area contributed by atoms with Gasteiger partial charge < -0.3 is 18.9 Å². The topological polar surface area (TPSA) is 119 Å². The van der Waals surface area contributed by atoms with Crippen LogP contribution in [0, 0.1) is 33.5 Å². The van der Waals surface area contributed by atoms with Crippen LogP contribution in [0.15, 0.2) is 0 Å². The van der Waals surface area contributed by atoms with Gasteiger partial charge >= 0.3 is 11.9 Å². The smallest absolute Gasteiger partial charge is 0.326 e. The van der Waals surface area contributed by atoms with Gasteiger partial charge in [0.1, 0.15) is 13.2 Å². The predicted molar refractivity (Wildman–Crippen MR) is 78.1 cm³/mol. The van der Waals surface area contributed by atoms with Crippen LogP contribution < -0.4 is 0 Å². The lowest BCUT2D eigenvalue weighted by Gasteiger charge is -2.09. The van der Waals surface area contributed by atoms with Gasteiger partial charge in [0.15, 0.2) is 10.8 Å². The number of nitriles is 2. The van der Waals surface area contributed by atoms with E-state index in [1.807, 2.05) is 12.1 Å². The van der Waals surface area contributed by atoms with Gasteiger partial charge in [-0.15, -0.1) is 0 Å². The summed E-state index contributed by atoms with van der Waals surface area (Å²) in [4.78, 5) is 23.1. The van der Waals surface area contributed by atoms with Crippen molar-refractivity contribution in [2.75, 3.05) is 39.6 Å². The molecule has 0 aromatic rings. The maximum absolute atomic E-state index is 11.5. The van der Waals surface area contributed by atoms with Gasteiger partial charge in [-0.05, 0) is 25.7 Å². The molecule has 2 aliphatic carbocycles. The molecule has 2 saturated carbocycles. The highest BCUT2D eigenvalue weighted by Crippen LogP contribution is 2.46. The van der Waals surface area contributed by atoms with E-state index in [-0.39, 0.29) is 26.4 Å². The molecule has 0 radical (unpaired) electrons. The molecule has 0 atom stereocenters. The molecule has 0 aromatic heterocycles. The second kappa shape index (κ2) is 8.09. The average Bonchev–Trinajstić information content (AvgIpc) is 3.49. The van der Waals surface area contributed by atoms with Crippen molar-refractivity contribution in [3.63, 3.8) is 0 Å². The first kappa shape index (κ1) is 18.2. The van der Waals surface area contributed by atoms with E-state index in [4.69, 9.17) is 29.5 Å². The Morgan fingerprint density at radius 1 is 0.708 bits per heavy atom. The summed E-state index contributed by atoms with van der Waals surface area (Å²) in [6.45, 7) is 1.31. The third-order valence-corrected chi connectivity index (χ3v) is 4.00. The number of esters is 2. The van der Waals surface area contributed by atoms with Crippen molar-refractivity contribution in [1.29, 1.82) is 10.5 Å². The van der Waals surface area contributed by atoms with E-state index in [1.54, 1.807) is 0 Å². The van der Waals surface area contributed by atoms with Crippen molar-refractivity contribution < 1.29 is 28.5 Å². The molecule has 0 aromatic carbocycles. The standard InChI is InChI=1S/C16H20N2O6/c17-11-15(1-2-15)13(19)23-9-7-21-5-6-22-8-10-24-14(20)16(12-18)3-4-16/h1-10H2. The van der Waals surface area contributed by atoms with Crippen molar-refractivity contribution in [3.05, 3.63) is 0 Å². The molecule has 0 heterocycles. The second-order valence-electron chi connectivity index (χ2n) is 5.88. The van der Waals surface area contributed by atoms with Gasteiger partial charge in [0.05, 0.1) is 38.6 Å². The molecule has 24 heavy (non-hydrogen) atoms. The zero-order valence-electron chi connectivity index (χ0n) is 13.4. The highest BCUT2D eigenvalue weighted by Gasteiger charge is 2.52. The number of rotatable bonds is 11. The maximum atomic E-state index is 11.5. The Morgan fingerprint density at radius 2 is 1.04 bits per heavy atom. The Bertz CT molecular complexity index is 504. The van der Waals surface area contributed by atoms with Crippen LogP contribution in [0.3, 0.4) is 0 Å². The molecule has 0 unspecified atom stereocenters. The van der Waals surface area contributed by atoms with E-state index in [0.29, 0.717) is 38.9 Å². The summed E-state index contributed by atoms with van der Waals surface area (Å²) >= 11 is 0. The number of nitrogens with zero attached hydrogens (tertiary/aromatic N) is 2. The highest BCUT2D eigenvalue weighted by molar-refractivity contribution is 5.83. The zero-order valence-corrected chi connectivity index (χ0v) is 13.4. The zero-order chi connectivity index (χ0) is 17.5. The lowest BCUT2D eigenvalue weighted by atomic mass is 10.1. The largest absolute Gasteiger partial charge is 0.462 e. The first-order valence-corrected chi connectivity index (χ1v) is 7.91. The minimum Gasteiger partial charge on any atom is -0.462 e. The molecule has 8 nitrogen and oxygen atoms in total. The summed E-state index contributed by atoms with van der Waals surface area (Å²) in [7, 11) is 0. The van der Waals surface area contributed by atoms with Crippen molar-refractivity contribution in [2.24, 2.45) is 10.8 Å². The van der Waals surface area contributed by atoms with Crippen molar-refractivity contribution in [3.8, 4) is 12.1 Å². The van der Waals surface area contributed by atoms with Gasteiger partial charge in [-0.1, -0.05) is 0 Å². The second-order valence-corrected chi connectivity index (χ2v) is 5.88. The molecular formula is C16H20N2O6. The fourth-order valence-corrected chi connectivity index (χ4v) is 1.96. The third-order valence-electron chi connectivity index (χ3n) is 4.00. The molecule has 0 aliphatic heterocycles. The minimum atomic E-state index is -0.912. The number of hydrogen-bond donors (Lipinski definition) is 0. The number of carbonyl (C=O) groups excluding carboxylic acids is 2. The number of ether oxygens (including phenoxy) is 4. The van der Waals surface area contributed by atoms with Crippen LogP contribution in [0.25, 0.3) is 0 Å². The van der Waals surface area contributed by atoms with E-state index in [2.05, 4.69) is 0 Å². The van der Waals surface area contributed by atoms with Gasteiger partial charge in [0.2, 0.25) is 0 Å². The van der Waals surface area contributed by atoms with Crippen LogP contribution in [0.1, 0.15) is 25.7 Å². The molecule has 8 heteroatoms. The molecule has 2 rings (SSSR count). The van der Waals surface area contributed by atoms with Crippen LogP contribution in [0.2, 0.25) is 0 Å². The van der Waals surface area contributed by atoms with E-state index >= 15 is 0 Å². The van der Waals surface area contributed by atoms with Crippen LogP contribution in [0.5, 0.6) is 0 Å². The van der Waals surface area contributed by atoms with Crippen molar-refractivity contribution >= 4 is 11.9 Å². The lowest BCUT2D eigenvalue weighted by Crippen LogP contribution is -2.21. The number of hydrogen-bond acceptors (Lipinski definition) is 8. The van der Waals surface area contributed by atoms with Crippen molar-refractivity contribution in [1.82, 2.24) is 0 Å². The Balaban J connectivity index is 1.37. The average molecular weight is 336 g/mol. The van der Waals surface area contributed by atoms with Gasteiger partial charge in [0, 0.05) is 0 Å². The Labute approximate surface area is 140 Å². The quantitative estimate of drug-likeness (QED) is 0.400. The van der Waals surface area contributed by atoms with Crippen LogP contribution in [-0.2, 0) is 28.5 Å². The van der Waals surface area contributed by atoms with E-state index in [0.717, 1.165) is 0 Å². The SMILES string of the molecule is N#CC1(C(=O)OCCOCCOCCOC(=O)C2(C#N)CC2)CC1. The minimum absolute atomic E-state index is 0.107.